The molecule has 0 aromatic carbocycles. The Morgan fingerprint density at radius 2 is 2.47 bits per heavy atom. The SMILES string of the molecule is CCOC(=O)[C@H]1CCCCN1c1cccnc1. The molecule has 0 spiro atoms. The monoisotopic (exact) mass is 234 g/mol. The van der Waals surface area contributed by atoms with Crippen LogP contribution in [0.25, 0.3) is 0 Å². The van der Waals surface area contributed by atoms with Crippen LogP contribution in [-0.4, -0.2) is 30.1 Å². The molecule has 1 aliphatic heterocycles. The van der Waals surface area contributed by atoms with Crippen molar-refractivity contribution in [1.29, 1.82) is 0 Å². The first-order chi connectivity index (χ1) is 8.33. The molecular formula is C13H18N2O2. The molecule has 1 atom stereocenters. The van der Waals surface area contributed by atoms with E-state index in [-0.39, 0.29) is 12.0 Å². The molecule has 2 rings (SSSR count). The number of aromatic nitrogens is 1. The summed E-state index contributed by atoms with van der Waals surface area (Å²) in [6.07, 6.45) is 6.61. The highest BCUT2D eigenvalue weighted by atomic mass is 16.5. The van der Waals surface area contributed by atoms with Crippen LogP contribution in [0.15, 0.2) is 24.5 Å². The van der Waals surface area contributed by atoms with Gasteiger partial charge in [0.1, 0.15) is 6.04 Å². The second-order valence-corrected chi connectivity index (χ2v) is 4.17. The second kappa shape index (κ2) is 5.66. The summed E-state index contributed by atoms with van der Waals surface area (Å²) in [5.74, 6) is -0.115. The molecule has 4 heteroatoms. The zero-order chi connectivity index (χ0) is 12.1. The van der Waals surface area contributed by atoms with E-state index in [9.17, 15) is 4.79 Å². The summed E-state index contributed by atoms with van der Waals surface area (Å²) in [5, 5.41) is 0. The van der Waals surface area contributed by atoms with Crippen molar-refractivity contribution in [2.45, 2.75) is 32.2 Å². The fraction of sp³-hybridized carbons (Fsp3) is 0.538. The van der Waals surface area contributed by atoms with Crippen LogP contribution in [0.3, 0.4) is 0 Å². The number of esters is 1. The molecule has 1 saturated heterocycles. The largest absolute Gasteiger partial charge is 0.464 e. The summed E-state index contributed by atoms with van der Waals surface area (Å²) in [4.78, 5) is 18.1. The van der Waals surface area contributed by atoms with E-state index in [0.29, 0.717) is 6.61 Å². The lowest BCUT2D eigenvalue weighted by atomic mass is 10.0. The number of carbonyl (C=O) groups excluding carboxylic acids is 1. The van der Waals surface area contributed by atoms with Gasteiger partial charge in [0.25, 0.3) is 0 Å². The van der Waals surface area contributed by atoms with Crippen molar-refractivity contribution >= 4 is 11.7 Å². The Balaban J connectivity index is 2.15. The Morgan fingerprint density at radius 1 is 1.59 bits per heavy atom. The van der Waals surface area contributed by atoms with E-state index in [1.54, 1.807) is 12.4 Å². The first-order valence-corrected chi connectivity index (χ1v) is 6.16. The van der Waals surface area contributed by atoms with Crippen LogP contribution in [0.5, 0.6) is 0 Å². The van der Waals surface area contributed by atoms with Gasteiger partial charge in [-0.05, 0) is 38.3 Å². The number of pyridine rings is 1. The third kappa shape index (κ3) is 2.75. The molecule has 0 unspecified atom stereocenters. The van der Waals surface area contributed by atoms with Gasteiger partial charge >= 0.3 is 5.97 Å². The van der Waals surface area contributed by atoms with Crippen molar-refractivity contribution in [2.75, 3.05) is 18.1 Å². The minimum Gasteiger partial charge on any atom is -0.464 e. The first kappa shape index (κ1) is 11.9. The normalized spacial score (nSPS) is 20.1. The molecule has 17 heavy (non-hydrogen) atoms. The van der Waals surface area contributed by atoms with Gasteiger partial charge in [0.2, 0.25) is 0 Å². The van der Waals surface area contributed by atoms with E-state index in [0.717, 1.165) is 31.5 Å². The van der Waals surface area contributed by atoms with Crippen LogP contribution in [0.2, 0.25) is 0 Å². The van der Waals surface area contributed by atoms with Gasteiger partial charge in [-0.25, -0.2) is 4.79 Å². The maximum atomic E-state index is 11.9. The van der Waals surface area contributed by atoms with Gasteiger partial charge < -0.3 is 9.64 Å². The average Bonchev–Trinajstić information content (AvgIpc) is 2.40. The van der Waals surface area contributed by atoms with Gasteiger partial charge in [-0.15, -0.1) is 0 Å². The van der Waals surface area contributed by atoms with Crippen LogP contribution in [0.4, 0.5) is 5.69 Å². The maximum absolute atomic E-state index is 11.9. The molecule has 2 heterocycles. The first-order valence-electron chi connectivity index (χ1n) is 6.16. The predicted octanol–water partition coefficient (Wildman–Crippen LogP) is 2.00. The molecule has 0 saturated carbocycles. The highest BCUT2D eigenvalue weighted by Crippen LogP contribution is 2.24. The van der Waals surface area contributed by atoms with Crippen LogP contribution in [-0.2, 0) is 9.53 Å². The molecule has 92 valence electrons. The van der Waals surface area contributed by atoms with Gasteiger partial charge in [-0.2, -0.15) is 0 Å². The molecule has 1 aliphatic rings. The highest BCUT2D eigenvalue weighted by Gasteiger charge is 2.29. The minimum absolute atomic E-state index is 0.115. The average molecular weight is 234 g/mol. The van der Waals surface area contributed by atoms with Crippen molar-refractivity contribution in [2.24, 2.45) is 0 Å². The van der Waals surface area contributed by atoms with E-state index in [1.165, 1.54) is 0 Å². The van der Waals surface area contributed by atoms with Crippen molar-refractivity contribution in [3.05, 3.63) is 24.5 Å². The maximum Gasteiger partial charge on any atom is 0.328 e. The third-order valence-electron chi connectivity index (χ3n) is 3.04. The number of carbonyl (C=O) groups is 1. The Hall–Kier alpha value is -1.58. The topological polar surface area (TPSA) is 42.4 Å². The number of hydrogen-bond donors (Lipinski definition) is 0. The smallest absolute Gasteiger partial charge is 0.328 e. The Bertz CT molecular complexity index is 367. The number of ether oxygens (including phenoxy) is 1. The minimum atomic E-state index is -0.145. The number of rotatable bonds is 3. The van der Waals surface area contributed by atoms with Crippen LogP contribution in [0.1, 0.15) is 26.2 Å². The molecule has 0 bridgehead atoms. The lowest BCUT2D eigenvalue weighted by Crippen LogP contribution is -2.45. The summed E-state index contributed by atoms with van der Waals surface area (Å²) in [5.41, 5.74) is 1.00. The fourth-order valence-electron chi connectivity index (χ4n) is 2.25. The van der Waals surface area contributed by atoms with Crippen LogP contribution < -0.4 is 4.90 Å². The number of piperidine rings is 1. The Morgan fingerprint density at radius 3 is 3.18 bits per heavy atom. The molecule has 0 amide bonds. The van der Waals surface area contributed by atoms with Crippen molar-refractivity contribution in [3.63, 3.8) is 0 Å². The quantitative estimate of drug-likeness (QED) is 0.750. The molecule has 0 aliphatic carbocycles. The zero-order valence-corrected chi connectivity index (χ0v) is 10.1. The third-order valence-corrected chi connectivity index (χ3v) is 3.04. The van der Waals surface area contributed by atoms with Gasteiger partial charge in [-0.3, -0.25) is 4.98 Å². The summed E-state index contributed by atoms with van der Waals surface area (Å²) < 4.78 is 5.13. The Labute approximate surface area is 102 Å². The molecule has 1 aromatic rings. The van der Waals surface area contributed by atoms with E-state index in [2.05, 4.69) is 9.88 Å². The van der Waals surface area contributed by atoms with Crippen molar-refractivity contribution in [1.82, 2.24) is 4.98 Å². The van der Waals surface area contributed by atoms with Gasteiger partial charge in [0.05, 0.1) is 18.5 Å². The zero-order valence-electron chi connectivity index (χ0n) is 10.1. The predicted molar refractivity (Wildman–Crippen MR) is 65.9 cm³/mol. The lowest BCUT2D eigenvalue weighted by Gasteiger charge is -2.35. The fourth-order valence-corrected chi connectivity index (χ4v) is 2.25. The number of hydrogen-bond acceptors (Lipinski definition) is 4. The summed E-state index contributed by atoms with van der Waals surface area (Å²) in [6, 6.07) is 3.74. The van der Waals surface area contributed by atoms with Gasteiger partial charge in [-0.1, -0.05) is 0 Å². The summed E-state index contributed by atoms with van der Waals surface area (Å²) in [6.45, 7) is 3.18. The highest BCUT2D eigenvalue weighted by molar-refractivity contribution is 5.80. The van der Waals surface area contributed by atoms with E-state index in [4.69, 9.17) is 4.74 Å². The van der Waals surface area contributed by atoms with E-state index < -0.39 is 0 Å². The Kier molecular flexibility index (Phi) is 3.96. The van der Waals surface area contributed by atoms with Gasteiger partial charge in [0, 0.05) is 12.7 Å². The number of anilines is 1. The molecule has 1 fully saturated rings. The molecule has 0 N–H and O–H groups in total. The molecule has 4 nitrogen and oxygen atoms in total. The second-order valence-electron chi connectivity index (χ2n) is 4.17. The molecular weight excluding hydrogens is 216 g/mol. The number of nitrogens with zero attached hydrogens (tertiary/aromatic N) is 2. The van der Waals surface area contributed by atoms with E-state index >= 15 is 0 Å². The van der Waals surface area contributed by atoms with Crippen molar-refractivity contribution in [3.8, 4) is 0 Å². The standard InChI is InChI=1S/C13H18N2O2/c1-2-17-13(16)12-7-3-4-9-15(12)11-6-5-8-14-10-11/h5-6,8,10,12H,2-4,7,9H2,1H3/t12-/m1/s1. The van der Waals surface area contributed by atoms with E-state index in [1.807, 2.05) is 19.1 Å². The molecule has 1 aromatic heterocycles. The van der Waals surface area contributed by atoms with Gasteiger partial charge in [0.15, 0.2) is 0 Å². The molecule has 0 radical (unpaired) electrons. The van der Waals surface area contributed by atoms with Crippen molar-refractivity contribution < 1.29 is 9.53 Å². The van der Waals surface area contributed by atoms with Crippen LogP contribution >= 0.6 is 0 Å². The summed E-state index contributed by atoms with van der Waals surface area (Å²) >= 11 is 0. The summed E-state index contributed by atoms with van der Waals surface area (Å²) in [7, 11) is 0. The lowest BCUT2D eigenvalue weighted by molar-refractivity contribution is -0.145. The van der Waals surface area contributed by atoms with Crippen LogP contribution in [0, 0.1) is 0 Å².